The van der Waals surface area contributed by atoms with E-state index in [2.05, 4.69) is 4.98 Å². The van der Waals surface area contributed by atoms with Crippen molar-refractivity contribution in [1.82, 2.24) is 19.2 Å². The first-order valence-electron chi connectivity index (χ1n) is 9.16. The zero-order chi connectivity index (χ0) is 19.7. The molecule has 0 spiro atoms. The van der Waals surface area contributed by atoms with E-state index < -0.39 is 0 Å². The maximum Gasteiger partial charge on any atom is 0.270 e. The van der Waals surface area contributed by atoms with Crippen molar-refractivity contribution in [2.75, 3.05) is 26.2 Å². The van der Waals surface area contributed by atoms with Gasteiger partial charge in [0.2, 0.25) is 0 Å². The van der Waals surface area contributed by atoms with E-state index in [9.17, 15) is 14.4 Å². The second-order valence-electron chi connectivity index (χ2n) is 6.86. The van der Waals surface area contributed by atoms with Crippen LogP contribution in [0, 0.1) is 6.92 Å². The van der Waals surface area contributed by atoms with Gasteiger partial charge in [-0.15, -0.1) is 0 Å². The minimum atomic E-state index is -0.374. The average Bonchev–Trinajstić information content (AvgIpc) is 2.74. The van der Waals surface area contributed by atoms with Crippen LogP contribution < -0.4 is 5.56 Å². The Kier molecular flexibility index (Phi) is 4.65. The molecule has 7 nitrogen and oxygen atoms in total. The van der Waals surface area contributed by atoms with Crippen LogP contribution in [0.25, 0.3) is 5.65 Å². The number of fused-ring (bicyclic) bond motifs is 1. The Hall–Kier alpha value is -3.48. The largest absolute Gasteiger partial charge is 0.335 e. The number of amides is 2. The van der Waals surface area contributed by atoms with E-state index in [0.717, 1.165) is 5.56 Å². The lowest BCUT2D eigenvalue weighted by Crippen LogP contribution is -2.51. The first kappa shape index (κ1) is 17.9. The summed E-state index contributed by atoms with van der Waals surface area (Å²) in [5.41, 5.74) is 1.72. The molecule has 0 atom stereocenters. The maximum atomic E-state index is 12.9. The smallest absolute Gasteiger partial charge is 0.270 e. The summed E-state index contributed by atoms with van der Waals surface area (Å²) in [5, 5.41) is 0. The van der Waals surface area contributed by atoms with Gasteiger partial charge in [0.1, 0.15) is 11.2 Å². The van der Waals surface area contributed by atoms with Gasteiger partial charge in [0.05, 0.1) is 0 Å². The zero-order valence-corrected chi connectivity index (χ0v) is 15.5. The molecule has 0 radical (unpaired) electrons. The van der Waals surface area contributed by atoms with Crippen molar-refractivity contribution in [3.63, 3.8) is 0 Å². The molecule has 1 saturated heterocycles. The number of piperazine rings is 1. The SMILES string of the molecule is Cc1ccc2ncc(C(=O)N3CCN(C(=O)c4ccccc4)CC3)c(=O)n2c1. The van der Waals surface area contributed by atoms with Gasteiger partial charge in [-0.25, -0.2) is 4.98 Å². The van der Waals surface area contributed by atoms with Crippen LogP contribution in [0.5, 0.6) is 0 Å². The lowest BCUT2D eigenvalue weighted by atomic mass is 10.1. The highest BCUT2D eigenvalue weighted by atomic mass is 16.2. The monoisotopic (exact) mass is 376 g/mol. The molecule has 0 bridgehead atoms. The third-order valence-corrected chi connectivity index (χ3v) is 4.96. The lowest BCUT2D eigenvalue weighted by molar-refractivity contribution is 0.0534. The molecule has 2 amide bonds. The highest BCUT2D eigenvalue weighted by Crippen LogP contribution is 2.11. The van der Waals surface area contributed by atoms with Gasteiger partial charge in [0, 0.05) is 44.1 Å². The van der Waals surface area contributed by atoms with Crippen molar-refractivity contribution < 1.29 is 9.59 Å². The molecule has 0 N–H and O–H groups in total. The molecule has 0 unspecified atom stereocenters. The average molecular weight is 376 g/mol. The molecule has 3 aromatic rings. The molecule has 4 rings (SSSR count). The summed E-state index contributed by atoms with van der Waals surface area (Å²) < 4.78 is 1.40. The van der Waals surface area contributed by atoms with E-state index in [-0.39, 0.29) is 22.9 Å². The van der Waals surface area contributed by atoms with Crippen LogP contribution >= 0.6 is 0 Å². The fourth-order valence-corrected chi connectivity index (χ4v) is 3.38. The van der Waals surface area contributed by atoms with E-state index >= 15 is 0 Å². The van der Waals surface area contributed by atoms with Gasteiger partial charge < -0.3 is 9.80 Å². The third kappa shape index (κ3) is 3.26. The highest BCUT2D eigenvalue weighted by Gasteiger charge is 2.27. The molecule has 0 aliphatic carbocycles. The van der Waals surface area contributed by atoms with Gasteiger partial charge in [-0.2, -0.15) is 0 Å². The van der Waals surface area contributed by atoms with Crippen LogP contribution in [0.15, 0.2) is 59.7 Å². The lowest BCUT2D eigenvalue weighted by Gasteiger charge is -2.34. The molecule has 1 aliphatic rings. The molecule has 2 aromatic heterocycles. The van der Waals surface area contributed by atoms with Gasteiger partial charge in [-0.3, -0.25) is 18.8 Å². The predicted octanol–water partition coefficient (Wildman–Crippen LogP) is 1.60. The summed E-state index contributed by atoms with van der Waals surface area (Å²) in [6, 6.07) is 12.7. The number of pyridine rings is 1. The molecule has 1 aromatic carbocycles. The Bertz CT molecular complexity index is 1100. The van der Waals surface area contributed by atoms with Crippen LogP contribution in [0.4, 0.5) is 0 Å². The highest BCUT2D eigenvalue weighted by molar-refractivity contribution is 5.95. The fraction of sp³-hybridized carbons (Fsp3) is 0.238. The standard InChI is InChI=1S/C21H20N4O3/c1-15-7-8-18-22-13-17(21(28)25(18)14-15)20(27)24-11-9-23(10-12-24)19(26)16-5-3-2-4-6-16/h2-8,13-14H,9-12H2,1H3. The first-order chi connectivity index (χ1) is 13.5. The molecule has 142 valence electrons. The molecule has 1 aliphatic heterocycles. The van der Waals surface area contributed by atoms with Crippen LogP contribution in [0.1, 0.15) is 26.3 Å². The number of nitrogens with zero attached hydrogens (tertiary/aromatic N) is 4. The normalized spacial score (nSPS) is 14.3. The van der Waals surface area contributed by atoms with Gasteiger partial charge in [0.15, 0.2) is 0 Å². The second kappa shape index (κ2) is 7.26. The van der Waals surface area contributed by atoms with E-state index in [1.165, 1.54) is 10.6 Å². The van der Waals surface area contributed by atoms with Gasteiger partial charge in [-0.1, -0.05) is 24.3 Å². The molecule has 28 heavy (non-hydrogen) atoms. The first-order valence-corrected chi connectivity index (χ1v) is 9.16. The van der Waals surface area contributed by atoms with Gasteiger partial charge >= 0.3 is 0 Å². The molecule has 0 saturated carbocycles. The van der Waals surface area contributed by atoms with Gasteiger partial charge in [0.25, 0.3) is 17.4 Å². The molecule has 7 heteroatoms. The number of carbonyl (C=O) groups excluding carboxylic acids is 2. The zero-order valence-electron chi connectivity index (χ0n) is 15.5. The van der Waals surface area contributed by atoms with Crippen LogP contribution in [-0.4, -0.2) is 57.2 Å². The van der Waals surface area contributed by atoms with E-state index in [4.69, 9.17) is 0 Å². The maximum absolute atomic E-state index is 12.9. The van der Waals surface area contributed by atoms with Crippen molar-refractivity contribution >= 4 is 17.5 Å². The van der Waals surface area contributed by atoms with Crippen LogP contribution in [0.3, 0.4) is 0 Å². The van der Waals surface area contributed by atoms with Crippen LogP contribution in [-0.2, 0) is 0 Å². The minimum Gasteiger partial charge on any atom is -0.335 e. The Labute approximate surface area is 161 Å². The number of hydrogen-bond acceptors (Lipinski definition) is 4. The summed E-state index contributed by atoms with van der Waals surface area (Å²) in [5.74, 6) is -0.393. The van der Waals surface area contributed by atoms with Crippen molar-refractivity contribution in [3.8, 4) is 0 Å². The number of aryl methyl sites for hydroxylation is 1. The van der Waals surface area contributed by atoms with E-state index in [1.54, 1.807) is 34.2 Å². The quantitative estimate of drug-likeness (QED) is 0.681. The minimum absolute atomic E-state index is 0.0457. The van der Waals surface area contributed by atoms with Crippen LogP contribution in [0.2, 0.25) is 0 Å². The molecule has 3 heterocycles. The fourth-order valence-electron chi connectivity index (χ4n) is 3.38. The van der Waals surface area contributed by atoms with Gasteiger partial charge in [-0.05, 0) is 30.7 Å². The second-order valence-corrected chi connectivity index (χ2v) is 6.86. The Morgan fingerprint density at radius 2 is 1.54 bits per heavy atom. The van der Waals surface area contributed by atoms with Crippen molar-refractivity contribution in [3.05, 3.63) is 81.9 Å². The Morgan fingerprint density at radius 3 is 2.21 bits per heavy atom. The summed E-state index contributed by atoms with van der Waals surface area (Å²) in [7, 11) is 0. The number of hydrogen-bond donors (Lipinski definition) is 0. The van der Waals surface area contributed by atoms with E-state index in [1.807, 2.05) is 31.2 Å². The summed E-state index contributed by atoms with van der Waals surface area (Å²) in [4.78, 5) is 45.7. The van der Waals surface area contributed by atoms with Crippen molar-refractivity contribution in [2.24, 2.45) is 0 Å². The Balaban J connectivity index is 1.50. The number of carbonyl (C=O) groups is 2. The molecule has 1 fully saturated rings. The molecular formula is C21H20N4O3. The van der Waals surface area contributed by atoms with E-state index in [0.29, 0.717) is 37.4 Å². The topological polar surface area (TPSA) is 75.0 Å². The summed E-state index contributed by atoms with van der Waals surface area (Å²) in [6.07, 6.45) is 3.02. The third-order valence-electron chi connectivity index (χ3n) is 4.96. The Morgan fingerprint density at radius 1 is 0.893 bits per heavy atom. The van der Waals surface area contributed by atoms with Crippen molar-refractivity contribution in [2.45, 2.75) is 6.92 Å². The predicted molar refractivity (Wildman–Crippen MR) is 104 cm³/mol. The van der Waals surface area contributed by atoms with Crippen molar-refractivity contribution in [1.29, 1.82) is 0 Å². The molecular weight excluding hydrogens is 356 g/mol. The number of benzene rings is 1. The number of aromatic nitrogens is 2. The summed E-state index contributed by atoms with van der Waals surface area (Å²) in [6.45, 7) is 3.51. The number of rotatable bonds is 2. The summed E-state index contributed by atoms with van der Waals surface area (Å²) >= 11 is 0.